The van der Waals surface area contributed by atoms with Gasteiger partial charge in [-0.25, -0.2) is 9.69 Å². The molecular weight excluding hydrogens is 406 g/mol. The molecule has 0 atom stereocenters. The van der Waals surface area contributed by atoms with Gasteiger partial charge < -0.3 is 9.47 Å². The van der Waals surface area contributed by atoms with Crippen molar-refractivity contribution in [1.82, 2.24) is 5.32 Å². The number of anilines is 1. The second kappa shape index (κ2) is 8.66. The van der Waals surface area contributed by atoms with Crippen molar-refractivity contribution in [3.05, 3.63) is 63.7 Å². The van der Waals surface area contributed by atoms with Gasteiger partial charge in [0.15, 0.2) is 0 Å². The number of hydrogen-bond acceptors (Lipinski definition) is 7. The minimum Gasteiger partial charge on any atom is -0.497 e. The number of amides is 4. The standard InChI is InChI=1S/C21H19N3O7/c1-12(2)31-18-11-16(30-3)8-7-13(18)9-17-19(25)22-21(27)23(20(17)26)14-5-4-6-15(10-14)24(28)29/h4-12H,1-3H3,(H,22,25,27)/b17-9+. The summed E-state index contributed by atoms with van der Waals surface area (Å²) in [5, 5.41) is 13.1. The first kappa shape index (κ1) is 21.5. The molecule has 1 aliphatic rings. The van der Waals surface area contributed by atoms with Crippen molar-refractivity contribution in [1.29, 1.82) is 0 Å². The Labute approximate surface area is 177 Å². The molecule has 0 aromatic heterocycles. The zero-order valence-corrected chi connectivity index (χ0v) is 16.9. The normalized spacial score (nSPS) is 15.3. The molecule has 10 nitrogen and oxygen atoms in total. The molecule has 0 aliphatic carbocycles. The van der Waals surface area contributed by atoms with Crippen LogP contribution < -0.4 is 19.7 Å². The molecule has 1 heterocycles. The largest absolute Gasteiger partial charge is 0.497 e. The molecule has 0 saturated carbocycles. The third-order valence-corrected chi connectivity index (χ3v) is 4.28. The lowest BCUT2D eigenvalue weighted by Gasteiger charge is -2.26. The molecule has 1 aliphatic heterocycles. The lowest BCUT2D eigenvalue weighted by molar-refractivity contribution is -0.384. The number of carbonyl (C=O) groups is 3. The van der Waals surface area contributed by atoms with Gasteiger partial charge in [0.2, 0.25) is 0 Å². The number of nitrogens with zero attached hydrogens (tertiary/aromatic N) is 2. The van der Waals surface area contributed by atoms with Crippen LogP contribution in [0.25, 0.3) is 6.08 Å². The zero-order chi connectivity index (χ0) is 22.7. The average molecular weight is 425 g/mol. The Balaban J connectivity index is 2.05. The maximum Gasteiger partial charge on any atom is 0.335 e. The monoisotopic (exact) mass is 425 g/mol. The molecule has 0 unspecified atom stereocenters. The first-order valence-corrected chi connectivity index (χ1v) is 9.22. The second-order valence-corrected chi connectivity index (χ2v) is 6.81. The highest BCUT2D eigenvalue weighted by Crippen LogP contribution is 2.30. The Bertz CT molecular complexity index is 1110. The fraction of sp³-hybridized carbons (Fsp3) is 0.190. The SMILES string of the molecule is COc1ccc(/C=C2\C(=O)NC(=O)N(c3cccc([N+](=O)[O-])c3)C2=O)c(OC(C)C)c1. The molecule has 1 N–H and O–H groups in total. The lowest BCUT2D eigenvalue weighted by Crippen LogP contribution is -2.54. The summed E-state index contributed by atoms with van der Waals surface area (Å²) in [4.78, 5) is 48.8. The van der Waals surface area contributed by atoms with Crippen LogP contribution in [0.3, 0.4) is 0 Å². The first-order valence-electron chi connectivity index (χ1n) is 9.22. The van der Waals surface area contributed by atoms with E-state index in [2.05, 4.69) is 5.32 Å². The molecule has 1 fully saturated rings. The van der Waals surface area contributed by atoms with Crippen molar-refractivity contribution in [2.24, 2.45) is 0 Å². The maximum atomic E-state index is 13.0. The van der Waals surface area contributed by atoms with Crippen LogP contribution in [0.2, 0.25) is 0 Å². The van der Waals surface area contributed by atoms with Crippen LogP contribution in [0.5, 0.6) is 11.5 Å². The highest BCUT2D eigenvalue weighted by molar-refractivity contribution is 6.39. The van der Waals surface area contributed by atoms with Gasteiger partial charge >= 0.3 is 6.03 Å². The quantitative estimate of drug-likeness (QED) is 0.326. The first-order chi connectivity index (χ1) is 14.7. The number of rotatable bonds is 6. The van der Waals surface area contributed by atoms with E-state index >= 15 is 0 Å². The molecule has 10 heteroatoms. The van der Waals surface area contributed by atoms with Crippen molar-refractivity contribution in [3.8, 4) is 11.5 Å². The number of ether oxygens (including phenoxy) is 2. The van der Waals surface area contributed by atoms with Crippen LogP contribution in [0.1, 0.15) is 19.4 Å². The van der Waals surface area contributed by atoms with E-state index in [4.69, 9.17) is 9.47 Å². The van der Waals surface area contributed by atoms with Crippen molar-refractivity contribution in [2.45, 2.75) is 20.0 Å². The number of imide groups is 2. The summed E-state index contributed by atoms with van der Waals surface area (Å²) in [7, 11) is 1.49. The summed E-state index contributed by atoms with van der Waals surface area (Å²) in [6.45, 7) is 3.63. The highest BCUT2D eigenvalue weighted by Gasteiger charge is 2.37. The van der Waals surface area contributed by atoms with Gasteiger partial charge in [-0.15, -0.1) is 0 Å². The average Bonchev–Trinajstić information content (AvgIpc) is 2.71. The number of nitro groups is 1. The van der Waals surface area contributed by atoms with Gasteiger partial charge in [0.05, 0.1) is 23.8 Å². The van der Waals surface area contributed by atoms with Gasteiger partial charge in [0, 0.05) is 23.8 Å². The van der Waals surface area contributed by atoms with E-state index in [0.717, 1.165) is 6.07 Å². The molecule has 0 spiro atoms. The van der Waals surface area contributed by atoms with Crippen molar-refractivity contribution >= 4 is 35.3 Å². The number of urea groups is 1. The van der Waals surface area contributed by atoms with Gasteiger partial charge in [-0.05, 0) is 38.1 Å². The number of methoxy groups -OCH3 is 1. The molecular formula is C21H19N3O7. The van der Waals surface area contributed by atoms with Crippen molar-refractivity contribution in [2.75, 3.05) is 12.0 Å². The third kappa shape index (κ3) is 4.53. The molecule has 160 valence electrons. The summed E-state index contributed by atoms with van der Waals surface area (Å²) in [6, 6.07) is 8.86. The molecule has 2 aromatic rings. The molecule has 4 amide bonds. The molecule has 1 saturated heterocycles. The smallest absolute Gasteiger partial charge is 0.335 e. The van der Waals surface area contributed by atoms with Gasteiger partial charge in [-0.1, -0.05) is 6.07 Å². The summed E-state index contributed by atoms with van der Waals surface area (Å²) >= 11 is 0. The third-order valence-electron chi connectivity index (χ3n) is 4.28. The molecule has 2 aromatic carbocycles. The summed E-state index contributed by atoms with van der Waals surface area (Å²) in [5.41, 5.74) is -0.252. The van der Waals surface area contributed by atoms with Crippen LogP contribution in [0.4, 0.5) is 16.2 Å². The number of nitro benzene ring substituents is 1. The molecule has 3 rings (SSSR count). The Morgan fingerprint density at radius 3 is 2.52 bits per heavy atom. The van der Waals surface area contributed by atoms with Crippen LogP contribution in [-0.4, -0.2) is 36.0 Å². The molecule has 0 bridgehead atoms. The Morgan fingerprint density at radius 1 is 1.13 bits per heavy atom. The van der Waals surface area contributed by atoms with Crippen LogP contribution in [0, 0.1) is 10.1 Å². The second-order valence-electron chi connectivity index (χ2n) is 6.81. The summed E-state index contributed by atoms with van der Waals surface area (Å²) < 4.78 is 10.9. The predicted octanol–water partition coefficient (Wildman–Crippen LogP) is 3.06. The van der Waals surface area contributed by atoms with E-state index in [-0.39, 0.29) is 23.1 Å². The number of benzene rings is 2. The Morgan fingerprint density at radius 2 is 1.87 bits per heavy atom. The molecule has 31 heavy (non-hydrogen) atoms. The van der Waals surface area contributed by atoms with Gasteiger partial charge in [-0.2, -0.15) is 0 Å². The Hall–Kier alpha value is -4.21. The number of hydrogen-bond donors (Lipinski definition) is 1. The van der Waals surface area contributed by atoms with Gasteiger partial charge in [0.1, 0.15) is 17.1 Å². The van der Waals surface area contributed by atoms with Crippen molar-refractivity contribution in [3.63, 3.8) is 0 Å². The zero-order valence-electron chi connectivity index (χ0n) is 16.9. The van der Waals surface area contributed by atoms with E-state index in [0.29, 0.717) is 22.0 Å². The number of nitrogens with one attached hydrogen (secondary N) is 1. The minimum atomic E-state index is -0.999. The van der Waals surface area contributed by atoms with E-state index in [1.54, 1.807) is 18.2 Å². The van der Waals surface area contributed by atoms with Crippen LogP contribution in [0.15, 0.2) is 48.0 Å². The summed E-state index contributed by atoms with van der Waals surface area (Å²) in [6.07, 6.45) is 1.11. The van der Waals surface area contributed by atoms with Crippen LogP contribution in [-0.2, 0) is 9.59 Å². The Kier molecular flexibility index (Phi) is 6.00. The summed E-state index contributed by atoms with van der Waals surface area (Å²) in [5.74, 6) is -0.907. The van der Waals surface area contributed by atoms with Crippen molar-refractivity contribution < 1.29 is 28.8 Å². The van der Waals surface area contributed by atoms with E-state index in [9.17, 15) is 24.5 Å². The van der Waals surface area contributed by atoms with Gasteiger partial charge in [0.25, 0.3) is 17.5 Å². The fourth-order valence-corrected chi connectivity index (χ4v) is 2.91. The van der Waals surface area contributed by atoms with Crippen LogP contribution >= 0.6 is 0 Å². The van der Waals surface area contributed by atoms with E-state index < -0.39 is 22.8 Å². The van der Waals surface area contributed by atoms with Gasteiger partial charge in [-0.3, -0.25) is 25.0 Å². The maximum absolute atomic E-state index is 13.0. The minimum absolute atomic E-state index is 0.0384. The fourth-order valence-electron chi connectivity index (χ4n) is 2.91. The van der Waals surface area contributed by atoms with E-state index in [1.807, 2.05) is 13.8 Å². The van der Waals surface area contributed by atoms with E-state index in [1.165, 1.54) is 31.4 Å². The number of barbiturate groups is 1. The highest BCUT2D eigenvalue weighted by atomic mass is 16.6. The molecule has 0 radical (unpaired) electrons. The lowest BCUT2D eigenvalue weighted by atomic mass is 10.1. The number of carbonyl (C=O) groups excluding carboxylic acids is 3. The topological polar surface area (TPSA) is 128 Å². The predicted molar refractivity (Wildman–Crippen MR) is 111 cm³/mol. The number of non-ortho nitro benzene ring substituents is 1.